The molecule has 1 rings (SSSR count). The minimum Gasteiger partial charge on any atom is -0.184 e. The van der Waals surface area contributed by atoms with Gasteiger partial charge in [0.1, 0.15) is 0 Å². The molecular formula is C8H6-2. The SMILES string of the molecule is [C-]1=C\C=C/[C-]=C\C=C/1. The molecule has 0 heterocycles. The summed E-state index contributed by atoms with van der Waals surface area (Å²) in [5.74, 6) is 0. The molecule has 0 saturated heterocycles. The Morgan fingerprint density at radius 2 is 1.25 bits per heavy atom. The molecule has 0 radical (unpaired) electrons. The van der Waals surface area contributed by atoms with Crippen LogP contribution in [0.25, 0.3) is 0 Å². The smallest absolute Gasteiger partial charge is 0.171 e. The lowest BCUT2D eigenvalue weighted by molar-refractivity contribution is 1.73. The topological polar surface area (TPSA) is 0 Å². The molecule has 0 aromatic carbocycles. The average Bonchev–Trinajstić information content (AvgIpc) is 1.62. The van der Waals surface area contributed by atoms with Crippen LogP contribution in [-0.4, -0.2) is 0 Å². The lowest BCUT2D eigenvalue weighted by Crippen LogP contribution is -1.57. The maximum atomic E-state index is 2.92. The molecule has 0 aliphatic heterocycles. The summed E-state index contributed by atoms with van der Waals surface area (Å²) in [7, 11) is 0. The predicted molar refractivity (Wildman–Crippen MR) is 33.9 cm³/mol. The second-order valence-electron chi connectivity index (χ2n) is 1.38. The van der Waals surface area contributed by atoms with Gasteiger partial charge in [-0.05, 0) is 0 Å². The molecule has 0 atom stereocenters. The molecule has 0 nitrogen and oxygen atoms in total. The van der Waals surface area contributed by atoms with Crippen LogP contribution in [0.1, 0.15) is 0 Å². The molecule has 0 heteroatoms. The zero-order chi connectivity index (χ0) is 5.66. The largest absolute Gasteiger partial charge is 0.184 e. The summed E-state index contributed by atoms with van der Waals surface area (Å²) in [5.41, 5.74) is 0. The monoisotopic (exact) mass is 102 g/mol. The van der Waals surface area contributed by atoms with E-state index in [1.54, 1.807) is 0 Å². The molecule has 1 aliphatic rings. The van der Waals surface area contributed by atoms with Crippen molar-refractivity contribution in [3.05, 3.63) is 48.6 Å². The standard InChI is InChI=1S/C8H6/c1-2-4-6-8-7-5-3-1/h1-3,6-8H/q-2/b2-1-,3-1?,8-6?,8-7-. The van der Waals surface area contributed by atoms with Crippen LogP contribution in [0.3, 0.4) is 0 Å². The maximum Gasteiger partial charge on any atom is -0.171 e. The van der Waals surface area contributed by atoms with E-state index < -0.39 is 0 Å². The van der Waals surface area contributed by atoms with Crippen molar-refractivity contribution in [2.75, 3.05) is 0 Å². The summed E-state index contributed by atoms with van der Waals surface area (Å²) in [6.45, 7) is 0. The summed E-state index contributed by atoms with van der Waals surface area (Å²) < 4.78 is 0. The summed E-state index contributed by atoms with van der Waals surface area (Å²) in [4.78, 5) is 0. The van der Waals surface area contributed by atoms with Crippen LogP contribution in [-0.2, 0) is 0 Å². The van der Waals surface area contributed by atoms with E-state index in [0.717, 1.165) is 0 Å². The van der Waals surface area contributed by atoms with Crippen LogP contribution in [0.2, 0.25) is 0 Å². The molecular weight excluding hydrogens is 96.1 g/mol. The van der Waals surface area contributed by atoms with Crippen molar-refractivity contribution < 1.29 is 0 Å². The lowest BCUT2D eigenvalue weighted by atomic mass is 10.3. The van der Waals surface area contributed by atoms with Crippen LogP contribution in [0.4, 0.5) is 0 Å². The van der Waals surface area contributed by atoms with Gasteiger partial charge < -0.3 is 0 Å². The first-order valence-electron chi connectivity index (χ1n) is 2.49. The van der Waals surface area contributed by atoms with Crippen LogP contribution in [0, 0.1) is 12.2 Å². The molecule has 0 unspecified atom stereocenters. The van der Waals surface area contributed by atoms with E-state index in [2.05, 4.69) is 12.2 Å². The molecule has 0 N–H and O–H groups in total. The highest BCUT2D eigenvalue weighted by molar-refractivity contribution is 5.16. The van der Waals surface area contributed by atoms with Crippen molar-refractivity contribution in [2.45, 2.75) is 0 Å². The molecule has 8 heavy (non-hydrogen) atoms. The fraction of sp³-hybridized carbons (Fsp3) is 0. The third kappa shape index (κ3) is 1.61. The Kier molecular flexibility index (Phi) is 1.93. The first-order chi connectivity index (χ1) is 4.00. The first-order valence-corrected chi connectivity index (χ1v) is 2.49. The van der Waals surface area contributed by atoms with E-state index in [-0.39, 0.29) is 0 Å². The van der Waals surface area contributed by atoms with Crippen molar-refractivity contribution in [3.63, 3.8) is 0 Å². The molecule has 1 aliphatic carbocycles. The Morgan fingerprint density at radius 1 is 0.750 bits per heavy atom. The van der Waals surface area contributed by atoms with Gasteiger partial charge in [0.15, 0.2) is 0 Å². The normalized spacial score (nSPS) is 32.0. The fourth-order valence-electron chi connectivity index (χ4n) is 0.430. The number of rotatable bonds is 0. The highest BCUT2D eigenvalue weighted by atomic mass is 13.7. The first kappa shape index (κ1) is 5.10. The van der Waals surface area contributed by atoms with Crippen molar-refractivity contribution in [1.82, 2.24) is 0 Å². The van der Waals surface area contributed by atoms with Crippen LogP contribution >= 0.6 is 0 Å². The van der Waals surface area contributed by atoms with Gasteiger partial charge in [-0.25, -0.2) is 0 Å². The quantitative estimate of drug-likeness (QED) is 0.409. The van der Waals surface area contributed by atoms with E-state index in [0.29, 0.717) is 0 Å². The molecule has 0 aromatic heterocycles. The molecule has 0 saturated carbocycles. The number of hydrogen-bond donors (Lipinski definition) is 0. The van der Waals surface area contributed by atoms with E-state index >= 15 is 0 Å². The van der Waals surface area contributed by atoms with E-state index in [9.17, 15) is 0 Å². The minimum absolute atomic E-state index is 1.84. The maximum absolute atomic E-state index is 2.92. The van der Waals surface area contributed by atoms with E-state index in [1.807, 2.05) is 36.5 Å². The van der Waals surface area contributed by atoms with Gasteiger partial charge in [0.25, 0.3) is 0 Å². The summed E-state index contributed by atoms with van der Waals surface area (Å²) in [5, 5.41) is 0. The fourth-order valence-corrected chi connectivity index (χ4v) is 0.430. The van der Waals surface area contributed by atoms with E-state index in [1.165, 1.54) is 0 Å². The molecule has 0 bridgehead atoms. The predicted octanol–water partition coefficient (Wildman–Crippen LogP) is 1.83. The summed E-state index contributed by atoms with van der Waals surface area (Å²) in [6, 6.07) is 0. The van der Waals surface area contributed by atoms with Crippen LogP contribution < -0.4 is 0 Å². The zero-order valence-electron chi connectivity index (χ0n) is 4.46. The van der Waals surface area contributed by atoms with Gasteiger partial charge in [-0.15, -0.1) is 0 Å². The summed E-state index contributed by atoms with van der Waals surface area (Å²) in [6.07, 6.45) is 17.0. The van der Waals surface area contributed by atoms with Crippen LogP contribution in [0.5, 0.6) is 0 Å². The van der Waals surface area contributed by atoms with Crippen LogP contribution in [0.15, 0.2) is 36.5 Å². The number of allylic oxidation sites excluding steroid dienone is 8. The Morgan fingerprint density at radius 3 is 1.75 bits per heavy atom. The van der Waals surface area contributed by atoms with E-state index in [4.69, 9.17) is 0 Å². The Bertz CT molecular complexity index is 101. The molecule has 0 amide bonds. The van der Waals surface area contributed by atoms with Gasteiger partial charge in [0.2, 0.25) is 0 Å². The number of hydrogen-bond acceptors (Lipinski definition) is 0. The third-order valence-corrected chi connectivity index (χ3v) is 0.770. The third-order valence-electron chi connectivity index (χ3n) is 0.770. The average molecular weight is 102 g/mol. The van der Waals surface area contributed by atoms with Gasteiger partial charge >= 0.3 is 0 Å². The van der Waals surface area contributed by atoms with Gasteiger partial charge in [-0.3, -0.25) is 0 Å². The second-order valence-corrected chi connectivity index (χ2v) is 1.38. The lowest BCUT2D eigenvalue weighted by Gasteiger charge is -1.88. The van der Waals surface area contributed by atoms with Gasteiger partial charge in [-0.2, -0.15) is 48.6 Å². The van der Waals surface area contributed by atoms with Crippen molar-refractivity contribution in [3.8, 4) is 0 Å². The molecule has 0 spiro atoms. The highest BCUT2D eigenvalue weighted by Crippen LogP contribution is 1.85. The van der Waals surface area contributed by atoms with Crippen molar-refractivity contribution in [1.29, 1.82) is 0 Å². The van der Waals surface area contributed by atoms with Gasteiger partial charge in [0.05, 0.1) is 0 Å². The molecule has 0 fully saturated rings. The second kappa shape index (κ2) is 3.03. The molecule has 40 valence electrons. The van der Waals surface area contributed by atoms with Gasteiger partial charge in [-0.1, -0.05) is 0 Å². The highest BCUT2D eigenvalue weighted by Gasteiger charge is 1.53. The zero-order valence-corrected chi connectivity index (χ0v) is 4.46. The Balaban J connectivity index is 2.67. The minimum atomic E-state index is 1.84. The van der Waals surface area contributed by atoms with Crippen molar-refractivity contribution in [2.24, 2.45) is 0 Å². The van der Waals surface area contributed by atoms with Gasteiger partial charge in [0, 0.05) is 0 Å². The Labute approximate surface area is 49.5 Å². The van der Waals surface area contributed by atoms with Crippen molar-refractivity contribution >= 4 is 0 Å². The Hall–Kier alpha value is -1.04. The summed E-state index contributed by atoms with van der Waals surface area (Å²) >= 11 is 0. The molecule has 0 aromatic rings.